The Morgan fingerprint density at radius 3 is 2.18 bits per heavy atom. The van der Waals surface area contributed by atoms with E-state index in [0.29, 0.717) is 34.3 Å². The quantitative estimate of drug-likeness (QED) is 0.143. The molecule has 0 saturated carbocycles. The van der Waals surface area contributed by atoms with Gasteiger partial charge in [-0.25, -0.2) is 4.98 Å². The maximum absolute atomic E-state index is 6.10. The summed E-state index contributed by atoms with van der Waals surface area (Å²) in [5.74, 6) is 1.32. The molecule has 0 fully saturated rings. The Bertz CT molecular complexity index is 1880. The van der Waals surface area contributed by atoms with Gasteiger partial charge in [-0.2, -0.15) is 0 Å². The summed E-state index contributed by atoms with van der Waals surface area (Å²) in [6.07, 6.45) is 17.6. The first-order chi connectivity index (χ1) is 21.6. The summed E-state index contributed by atoms with van der Waals surface area (Å²) in [6.45, 7) is 9.90. The summed E-state index contributed by atoms with van der Waals surface area (Å²) in [5, 5.41) is 17.1. The van der Waals surface area contributed by atoms with Crippen LogP contribution in [0.1, 0.15) is 50.6 Å². The van der Waals surface area contributed by atoms with Gasteiger partial charge in [-0.05, 0) is 74.4 Å². The third-order valence-corrected chi connectivity index (χ3v) is 6.44. The Kier molecular flexibility index (Phi) is 9.69. The van der Waals surface area contributed by atoms with Crippen LogP contribution in [0.25, 0.3) is 45.3 Å². The molecule has 5 aromatic heterocycles. The van der Waals surface area contributed by atoms with Gasteiger partial charge in [0.15, 0.2) is 0 Å². The number of pyridine rings is 3. The van der Waals surface area contributed by atoms with Crippen LogP contribution in [0, 0.1) is 0 Å². The molecule has 0 aliphatic rings. The van der Waals surface area contributed by atoms with Crippen LogP contribution in [-0.4, -0.2) is 35.3 Å². The highest BCUT2D eigenvalue weighted by Gasteiger charge is 2.16. The van der Waals surface area contributed by atoms with Gasteiger partial charge in [-0.15, -0.1) is 20.4 Å². The van der Waals surface area contributed by atoms with Gasteiger partial charge in [0.1, 0.15) is 5.69 Å². The SMILES string of the molecule is C=C/C(=C\C(=C/C)c1nnc(C(/C=C\C=C(/C)c2ccccn2)=C/CC)o1)c1nnc(-c2cccc(-c3ccccn3)n2)o1. The molecule has 0 atom stereocenters. The first-order valence-electron chi connectivity index (χ1n) is 14.1. The summed E-state index contributed by atoms with van der Waals surface area (Å²) < 4.78 is 12.1. The van der Waals surface area contributed by atoms with Crippen LogP contribution in [0.3, 0.4) is 0 Å². The molecular formula is C35H31N7O2. The summed E-state index contributed by atoms with van der Waals surface area (Å²) in [5.41, 5.74) is 6.05. The van der Waals surface area contributed by atoms with Gasteiger partial charge in [0, 0.05) is 29.1 Å². The van der Waals surface area contributed by atoms with Crippen LogP contribution in [0.5, 0.6) is 0 Å². The molecule has 0 bridgehead atoms. The average molecular weight is 582 g/mol. The fourth-order valence-electron chi connectivity index (χ4n) is 4.18. The largest absolute Gasteiger partial charge is 0.416 e. The van der Waals surface area contributed by atoms with Gasteiger partial charge < -0.3 is 8.83 Å². The van der Waals surface area contributed by atoms with Crippen LogP contribution in [0.15, 0.2) is 125 Å². The van der Waals surface area contributed by atoms with E-state index >= 15 is 0 Å². The van der Waals surface area contributed by atoms with Crippen molar-refractivity contribution in [3.63, 3.8) is 0 Å². The lowest BCUT2D eigenvalue weighted by atomic mass is 10.1. The first-order valence-corrected chi connectivity index (χ1v) is 14.1. The molecule has 44 heavy (non-hydrogen) atoms. The van der Waals surface area contributed by atoms with Crippen molar-refractivity contribution < 1.29 is 8.83 Å². The molecule has 0 spiro atoms. The molecule has 0 aliphatic heterocycles. The fraction of sp³-hybridized carbons (Fsp3) is 0.114. The Balaban J connectivity index is 1.36. The molecule has 0 N–H and O–H groups in total. The van der Waals surface area contributed by atoms with E-state index < -0.39 is 0 Å². The van der Waals surface area contributed by atoms with Crippen molar-refractivity contribution in [1.82, 2.24) is 35.3 Å². The van der Waals surface area contributed by atoms with E-state index in [9.17, 15) is 0 Å². The lowest BCUT2D eigenvalue weighted by Gasteiger charge is -2.01. The van der Waals surface area contributed by atoms with E-state index in [4.69, 9.17) is 8.83 Å². The minimum Gasteiger partial charge on any atom is -0.416 e. The minimum absolute atomic E-state index is 0.279. The molecule has 218 valence electrons. The minimum atomic E-state index is 0.279. The van der Waals surface area contributed by atoms with Crippen molar-refractivity contribution in [2.75, 3.05) is 0 Å². The van der Waals surface area contributed by atoms with Gasteiger partial charge >= 0.3 is 0 Å². The van der Waals surface area contributed by atoms with Gasteiger partial charge in [-0.3, -0.25) is 9.97 Å². The predicted molar refractivity (Wildman–Crippen MR) is 172 cm³/mol. The normalized spacial score (nSPS) is 13.1. The smallest absolute Gasteiger partial charge is 0.266 e. The molecule has 5 rings (SSSR count). The molecular weight excluding hydrogens is 550 g/mol. The number of rotatable bonds is 11. The molecule has 0 saturated heterocycles. The third-order valence-electron chi connectivity index (χ3n) is 6.44. The predicted octanol–water partition coefficient (Wildman–Crippen LogP) is 8.10. The van der Waals surface area contributed by atoms with E-state index in [2.05, 4.69) is 48.8 Å². The maximum Gasteiger partial charge on any atom is 0.266 e. The number of aromatic nitrogens is 7. The van der Waals surface area contributed by atoms with E-state index in [1.807, 2.05) is 105 Å². The molecule has 5 aromatic rings. The van der Waals surface area contributed by atoms with Crippen LogP contribution >= 0.6 is 0 Å². The molecule has 0 aromatic carbocycles. The molecule has 0 unspecified atom stereocenters. The second-order valence-electron chi connectivity index (χ2n) is 9.49. The van der Waals surface area contributed by atoms with Crippen molar-refractivity contribution in [2.24, 2.45) is 0 Å². The van der Waals surface area contributed by atoms with Gasteiger partial charge in [0.05, 0.1) is 17.1 Å². The number of hydrogen-bond donors (Lipinski definition) is 0. The zero-order valence-electron chi connectivity index (χ0n) is 24.8. The monoisotopic (exact) mass is 581 g/mol. The summed E-state index contributed by atoms with van der Waals surface area (Å²) in [4.78, 5) is 13.4. The highest BCUT2D eigenvalue weighted by atomic mass is 16.4. The molecule has 5 heterocycles. The molecule has 0 aliphatic carbocycles. The summed E-state index contributed by atoms with van der Waals surface area (Å²) in [6, 6.07) is 17.1. The third kappa shape index (κ3) is 7.14. The molecule has 0 radical (unpaired) electrons. The second-order valence-corrected chi connectivity index (χ2v) is 9.49. The number of nitrogens with zero attached hydrogens (tertiary/aromatic N) is 7. The molecule has 9 heteroatoms. The van der Waals surface area contributed by atoms with Crippen molar-refractivity contribution in [3.05, 3.63) is 139 Å². The Morgan fingerprint density at radius 2 is 1.48 bits per heavy atom. The van der Waals surface area contributed by atoms with Crippen molar-refractivity contribution >= 4 is 22.3 Å². The van der Waals surface area contributed by atoms with E-state index in [0.717, 1.165) is 29.0 Å². The summed E-state index contributed by atoms with van der Waals surface area (Å²) in [7, 11) is 0. The maximum atomic E-state index is 6.10. The van der Waals surface area contributed by atoms with Crippen LogP contribution in [0.4, 0.5) is 0 Å². The Hall–Kier alpha value is -5.83. The van der Waals surface area contributed by atoms with E-state index in [-0.39, 0.29) is 11.8 Å². The first kappa shape index (κ1) is 29.7. The Morgan fingerprint density at radius 1 is 0.773 bits per heavy atom. The van der Waals surface area contributed by atoms with Crippen molar-refractivity contribution in [1.29, 1.82) is 0 Å². The fourth-order valence-corrected chi connectivity index (χ4v) is 4.18. The van der Waals surface area contributed by atoms with E-state index in [1.54, 1.807) is 18.5 Å². The second kappa shape index (κ2) is 14.4. The van der Waals surface area contributed by atoms with Gasteiger partial charge in [0.25, 0.3) is 5.89 Å². The zero-order valence-corrected chi connectivity index (χ0v) is 24.8. The van der Waals surface area contributed by atoms with Crippen molar-refractivity contribution in [2.45, 2.75) is 27.2 Å². The summed E-state index contributed by atoms with van der Waals surface area (Å²) >= 11 is 0. The molecule has 0 amide bonds. The lowest BCUT2D eigenvalue weighted by Crippen LogP contribution is -1.89. The molecule has 9 nitrogen and oxygen atoms in total. The highest BCUT2D eigenvalue weighted by Crippen LogP contribution is 2.27. The number of hydrogen-bond acceptors (Lipinski definition) is 9. The van der Waals surface area contributed by atoms with Crippen LogP contribution in [0.2, 0.25) is 0 Å². The van der Waals surface area contributed by atoms with E-state index in [1.165, 1.54) is 0 Å². The van der Waals surface area contributed by atoms with Crippen LogP contribution < -0.4 is 0 Å². The zero-order chi connectivity index (χ0) is 30.7. The number of allylic oxidation sites excluding steroid dienone is 11. The van der Waals surface area contributed by atoms with Gasteiger partial charge in [-0.1, -0.05) is 62.1 Å². The van der Waals surface area contributed by atoms with Crippen LogP contribution in [-0.2, 0) is 0 Å². The average Bonchev–Trinajstić information content (AvgIpc) is 3.77. The van der Waals surface area contributed by atoms with Gasteiger partial charge in [0.2, 0.25) is 17.7 Å². The highest BCUT2D eigenvalue weighted by molar-refractivity contribution is 5.83. The lowest BCUT2D eigenvalue weighted by molar-refractivity contribution is 0.526. The topological polar surface area (TPSA) is 117 Å². The Labute approximate surface area is 255 Å². The van der Waals surface area contributed by atoms with Crippen molar-refractivity contribution in [3.8, 4) is 23.0 Å². The standard InChI is InChI=1S/C35H31N7O2/c1-5-14-27(16-12-15-24(4)28-17-8-10-21-36-28)34-41-39-32(43-34)25(6-2)23-26(7-3)33-40-42-35(44-33)31-20-13-19-30(38-31)29-18-9-11-22-37-29/h6-23H,3,5H2,1-2,4H3/b16-12-,24-15+,25-6+,26-23+,27-14+.